The number of aromatic amines is 2. The number of rotatable bonds is 3. The lowest BCUT2D eigenvalue weighted by Gasteiger charge is -2.19. The van der Waals surface area contributed by atoms with E-state index in [9.17, 15) is 14.4 Å². The van der Waals surface area contributed by atoms with Gasteiger partial charge in [-0.1, -0.05) is 0 Å². The van der Waals surface area contributed by atoms with Gasteiger partial charge in [-0.3, -0.25) is 14.6 Å². The second kappa shape index (κ2) is 5.99. The minimum atomic E-state index is -0.594. The number of aromatic nitrogens is 2. The molecule has 0 aliphatic carbocycles. The Hall–Kier alpha value is -3.03. The maximum atomic E-state index is 12.1. The van der Waals surface area contributed by atoms with Crippen molar-refractivity contribution in [3.8, 4) is 11.5 Å². The van der Waals surface area contributed by atoms with Crippen LogP contribution in [-0.4, -0.2) is 29.1 Å². The fourth-order valence-corrected chi connectivity index (χ4v) is 2.33. The number of carbonyl (C=O) groups excluding carboxylic acids is 1. The van der Waals surface area contributed by atoms with Crippen LogP contribution in [0.15, 0.2) is 27.8 Å². The third-order valence-electron chi connectivity index (χ3n) is 3.42. The smallest absolute Gasteiger partial charge is 0.325 e. The Morgan fingerprint density at radius 1 is 1.17 bits per heavy atom. The fourth-order valence-electron chi connectivity index (χ4n) is 2.33. The average Bonchev–Trinajstić information content (AvgIpc) is 2.51. The van der Waals surface area contributed by atoms with Crippen LogP contribution in [0.3, 0.4) is 0 Å². The Kier molecular flexibility index (Phi) is 3.88. The van der Waals surface area contributed by atoms with Gasteiger partial charge in [0.2, 0.25) is 5.91 Å². The SMILES string of the molecule is Cc1[nH]c(=O)[nH]c(=O)c1CC(=O)Nc1ccc2c(c1)OCCO2. The number of carbonyl (C=O) groups is 1. The zero-order chi connectivity index (χ0) is 16.4. The molecule has 2 aromatic rings. The molecule has 0 bridgehead atoms. The molecule has 0 saturated carbocycles. The van der Waals surface area contributed by atoms with Gasteiger partial charge in [0.1, 0.15) is 13.2 Å². The van der Waals surface area contributed by atoms with E-state index in [4.69, 9.17) is 9.47 Å². The number of hydrogen-bond donors (Lipinski definition) is 3. The summed E-state index contributed by atoms with van der Waals surface area (Å²) in [6.45, 7) is 2.52. The van der Waals surface area contributed by atoms with Crippen molar-refractivity contribution in [2.24, 2.45) is 0 Å². The highest BCUT2D eigenvalue weighted by Crippen LogP contribution is 2.32. The second-order valence-corrected chi connectivity index (χ2v) is 5.10. The standard InChI is InChI=1S/C15H15N3O5/c1-8-10(14(20)18-15(21)16-8)7-13(19)17-9-2-3-11-12(6-9)23-5-4-22-11/h2-3,6H,4-5,7H2,1H3,(H,17,19)(H2,16,18,20,21). The van der Waals surface area contributed by atoms with Crippen LogP contribution in [0.25, 0.3) is 0 Å². The van der Waals surface area contributed by atoms with Gasteiger partial charge in [0.05, 0.1) is 6.42 Å². The third-order valence-corrected chi connectivity index (χ3v) is 3.42. The highest BCUT2D eigenvalue weighted by Gasteiger charge is 2.14. The Morgan fingerprint density at radius 2 is 1.91 bits per heavy atom. The maximum absolute atomic E-state index is 12.1. The molecule has 1 aliphatic rings. The van der Waals surface area contributed by atoms with Crippen molar-refractivity contribution in [1.29, 1.82) is 0 Å². The number of nitrogens with one attached hydrogen (secondary N) is 3. The van der Waals surface area contributed by atoms with E-state index in [1.807, 2.05) is 0 Å². The molecule has 1 amide bonds. The Balaban J connectivity index is 1.75. The number of anilines is 1. The summed E-state index contributed by atoms with van der Waals surface area (Å²) >= 11 is 0. The van der Waals surface area contributed by atoms with E-state index < -0.39 is 11.2 Å². The summed E-state index contributed by atoms with van der Waals surface area (Å²) in [6, 6.07) is 5.06. The predicted molar refractivity (Wildman–Crippen MR) is 82.2 cm³/mol. The van der Waals surface area contributed by atoms with Crippen molar-refractivity contribution < 1.29 is 14.3 Å². The molecule has 0 radical (unpaired) electrons. The molecule has 3 N–H and O–H groups in total. The highest BCUT2D eigenvalue weighted by molar-refractivity contribution is 5.92. The molecule has 0 atom stereocenters. The van der Waals surface area contributed by atoms with Crippen molar-refractivity contribution in [2.75, 3.05) is 18.5 Å². The summed E-state index contributed by atoms with van der Waals surface area (Å²) in [5.41, 5.74) is -0.0273. The minimum absolute atomic E-state index is 0.146. The van der Waals surface area contributed by atoms with Crippen LogP contribution in [0.1, 0.15) is 11.3 Å². The largest absolute Gasteiger partial charge is 0.486 e. The molecule has 1 aromatic carbocycles. The Morgan fingerprint density at radius 3 is 2.65 bits per heavy atom. The Bertz CT molecular complexity index is 868. The van der Waals surface area contributed by atoms with Gasteiger partial charge < -0.3 is 19.8 Å². The van der Waals surface area contributed by atoms with Gasteiger partial charge in [0.25, 0.3) is 5.56 Å². The van der Waals surface area contributed by atoms with Crippen molar-refractivity contribution in [3.05, 3.63) is 50.3 Å². The van der Waals surface area contributed by atoms with Gasteiger partial charge in [-0.05, 0) is 19.1 Å². The lowest BCUT2D eigenvalue weighted by molar-refractivity contribution is -0.115. The molecule has 0 saturated heterocycles. The summed E-state index contributed by atoms with van der Waals surface area (Å²) in [7, 11) is 0. The van der Waals surface area contributed by atoms with E-state index in [2.05, 4.69) is 15.3 Å². The van der Waals surface area contributed by atoms with Crippen molar-refractivity contribution in [2.45, 2.75) is 13.3 Å². The van der Waals surface area contributed by atoms with Crippen LogP contribution in [0.5, 0.6) is 11.5 Å². The number of amides is 1. The molecule has 1 aromatic heterocycles. The molecule has 2 heterocycles. The number of benzene rings is 1. The number of H-pyrrole nitrogens is 2. The zero-order valence-electron chi connectivity index (χ0n) is 12.4. The van der Waals surface area contributed by atoms with E-state index in [0.29, 0.717) is 36.1 Å². The van der Waals surface area contributed by atoms with E-state index in [0.717, 1.165) is 0 Å². The first kappa shape index (κ1) is 14.9. The molecule has 8 heteroatoms. The van der Waals surface area contributed by atoms with Gasteiger partial charge in [-0.15, -0.1) is 0 Å². The summed E-state index contributed by atoms with van der Waals surface area (Å²) in [5, 5.41) is 2.69. The predicted octanol–water partition coefficient (Wildman–Crippen LogP) is 0.324. The Labute approximate surface area is 130 Å². The third kappa shape index (κ3) is 3.25. The monoisotopic (exact) mass is 317 g/mol. The van der Waals surface area contributed by atoms with E-state index >= 15 is 0 Å². The number of hydrogen-bond acceptors (Lipinski definition) is 5. The highest BCUT2D eigenvalue weighted by atomic mass is 16.6. The van der Waals surface area contributed by atoms with Crippen LogP contribution in [0, 0.1) is 6.92 Å². The summed E-state index contributed by atoms with van der Waals surface area (Å²) in [5.74, 6) is 0.816. The molecule has 0 unspecified atom stereocenters. The molecule has 1 aliphatic heterocycles. The van der Waals surface area contributed by atoms with Gasteiger partial charge in [-0.2, -0.15) is 0 Å². The van der Waals surface area contributed by atoms with Crippen LogP contribution in [0.4, 0.5) is 5.69 Å². The average molecular weight is 317 g/mol. The minimum Gasteiger partial charge on any atom is -0.486 e. The first-order valence-corrected chi connectivity index (χ1v) is 7.04. The maximum Gasteiger partial charge on any atom is 0.325 e. The summed E-state index contributed by atoms with van der Waals surface area (Å²) in [6.07, 6.45) is -0.146. The molecule has 3 rings (SSSR count). The molecular formula is C15H15N3O5. The molecule has 8 nitrogen and oxygen atoms in total. The van der Waals surface area contributed by atoms with Gasteiger partial charge in [0.15, 0.2) is 11.5 Å². The zero-order valence-corrected chi connectivity index (χ0v) is 12.4. The normalized spacial score (nSPS) is 12.7. The van der Waals surface area contributed by atoms with Crippen molar-refractivity contribution in [1.82, 2.24) is 9.97 Å². The molecule has 120 valence electrons. The first-order chi connectivity index (χ1) is 11.0. The molecule has 23 heavy (non-hydrogen) atoms. The number of ether oxygens (including phenoxy) is 2. The van der Waals surface area contributed by atoms with Crippen molar-refractivity contribution in [3.63, 3.8) is 0 Å². The topological polar surface area (TPSA) is 113 Å². The van der Waals surface area contributed by atoms with Crippen LogP contribution in [0.2, 0.25) is 0 Å². The molecule has 0 fully saturated rings. The lowest BCUT2D eigenvalue weighted by Crippen LogP contribution is -2.29. The van der Waals surface area contributed by atoms with E-state index in [1.54, 1.807) is 25.1 Å². The van der Waals surface area contributed by atoms with Gasteiger partial charge >= 0.3 is 5.69 Å². The molecule has 0 spiro atoms. The molecular weight excluding hydrogens is 302 g/mol. The van der Waals surface area contributed by atoms with Crippen LogP contribution in [-0.2, 0) is 11.2 Å². The lowest BCUT2D eigenvalue weighted by atomic mass is 10.1. The fraction of sp³-hybridized carbons (Fsp3) is 0.267. The summed E-state index contributed by atoms with van der Waals surface area (Å²) < 4.78 is 10.8. The van der Waals surface area contributed by atoms with E-state index in [-0.39, 0.29) is 17.9 Å². The van der Waals surface area contributed by atoms with E-state index in [1.165, 1.54) is 0 Å². The van der Waals surface area contributed by atoms with Gasteiger partial charge in [-0.25, -0.2) is 4.79 Å². The van der Waals surface area contributed by atoms with Crippen LogP contribution < -0.4 is 26.0 Å². The quantitative estimate of drug-likeness (QED) is 0.754. The van der Waals surface area contributed by atoms with Gasteiger partial charge in [0, 0.05) is 23.0 Å². The number of aryl methyl sites for hydroxylation is 1. The first-order valence-electron chi connectivity index (χ1n) is 7.04. The summed E-state index contributed by atoms with van der Waals surface area (Å²) in [4.78, 5) is 39.6. The van der Waals surface area contributed by atoms with Crippen LogP contribution >= 0.6 is 0 Å². The second-order valence-electron chi connectivity index (χ2n) is 5.10. The van der Waals surface area contributed by atoms with Crippen molar-refractivity contribution >= 4 is 11.6 Å². The number of fused-ring (bicyclic) bond motifs is 1.